The van der Waals surface area contributed by atoms with Crippen molar-refractivity contribution in [2.75, 3.05) is 11.9 Å². The van der Waals surface area contributed by atoms with Crippen LogP contribution in [0.5, 0.6) is 0 Å². The zero-order valence-electron chi connectivity index (χ0n) is 17.5. The van der Waals surface area contributed by atoms with Crippen LogP contribution in [0, 0.1) is 5.82 Å². The van der Waals surface area contributed by atoms with Crippen molar-refractivity contribution in [2.45, 2.75) is 13.2 Å². The third-order valence-electron chi connectivity index (χ3n) is 5.15. The summed E-state index contributed by atoms with van der Waals surface area (Å²) in [6.45, 7) is 0.183. The number of rotatable bonds is 6. The predicted octanol–water partition coefficient (Wildman–Crippen LogP) is 2.14. The van der Waals surface area contributed by atoms with E-state index < -0.39 is 0 Å². The van der Waals surface area contributed by atoms with Gasteiger partial charge in [-0.05, 0) is 48.0 Å². The maximum atomic E-state index is 13.5. The molecule has 3 N–H and O–H groups in total. The number of aromatic amines is 2. The quantitative estimate of drug-likeness (QED) is 0.365. The molecule has 0 aliphatic rings. The zero-order valence-corrected chi connectivity index (χ0v) is 17.5. The Hall–Kier alpha value is -4.38. The average molecular weight is 446 g/mol. The molecule has 33 heavy (non-hydrogen) atoms. The van der Waals surface area contributed by atoms with Gasteiger partial charge in [0.25, 0.3) is 0 Å². The summed E-state index contributed by atoms with van der Waals surface area (Å²) in [5.41, 5.74) is 3.61. The number of hydrogen-bond acceptors (Lipinski definition) is 7. The molecule has 166 valence electrons. The second-order valence-corrected chi connectivity index (χ2v) is 7.46. The molecule has 1 aromatic carbocycles. The number of fused-ring (bicyclic) bond motifs is 1. The molecule has 0 radical (unpaired) electrons. The summed E-state index contributed by atoms with van der Waals surface area (Å²) in [6.07, 6.45) is 3.45. The van der Waals surface area contributed by atoms with Crippen molar-refractivity contribution in [3.8, 4) is 22.6 Å². The normalized spacial score (nSPS) is 11.2. The lowest BCUT2D eigenvalue weighted by Gasteiger charge is -2.16. The van der Waals surface area contributed by atoms with Crippen molar-refractivity contribution < 1.29 is 9.50 Å². The van der Waals surface area contributed by atoms with Gasteiger partial charge in [-0.1, -0.05) is 0 Å². The number of aliphatic hydroxyl groups is 1. The molecule has 0 saturated carbocycles. The summed E-state index contributed by atoms with van der Waals surface area (Å²) in [7, 11) is 1.79. The van der Waals surface area contributed by atoms with Gasteiger partial charge < -0.3 is 10.0 Å². The minimum absolute atomic E-state index is 0.109. The molecule has 0 fully saturated rings. The Kier molecular flexibility index (Phi) is 5.15. The van der Waals surface area contributed by atoms with Crippen molar-refractivity contribution in [3.63, 3.8) is 0 Å². The number of halogens is 1. The van der Waals surface area contributed by atoms with Gasteiger partial charge in [-0.2, -0.15) is 5.10 Å². The molecule has 5 rings (SSSR count). The first-order chi connectivity index (χ1) is 16.0. The SMILES string of the molecule is CN(Cc1n[nH]c(=O)[nH]1)c1nccc(-c2c(-c3ccc(F)cc3)nc3cc(CO)ccn23)n1. The number of imidazole rings is 1. The number of benzene rings is 1. The maximum Gasteiger partial charge on any atom is 0.340 e. The predicted molar refractivity (Wildman–Crippen MR) is 119 cm³/mol. The van der Waals surface area contributed by atoms with E-state index >= 15 is 0 Å². The van der Waals surface area contributed by atoms with E-state index in [2.05, 4.69) is 20.2 Å². The molecular weight excluding hydrogens is 427 g/mol. The second-order valence-electron chi connectivity index (χ2n) is 7.46. The van der Waals surface area contributed by atoms with Crippen molar-refractivity contribution in [3.05, 3.63) is 82.5 Å². The molecule has 11 heteroatoms. The van der Waals surface area contributed by atoms with Crippen molar-refractivity contribution in [2.24, 2.45) is 0 Å². The number of nitrogens with one attached hydrogen (secondary N) is 2. The van der Waals surface area contributed by atoms with E-state index in [9.17, 15) is 14.3 Å². The van der Waals surface area contributed by atoms with Crippen molar-refractivity contribution in [1.29, 1.82) is 0 Å². The summed E-state index contributed by atoms with van der Waals surface area (Å²) in [5.74, 6) is 0.534. The zero-order chi connectivity index (χ0) is 22.9. The molecule has 0 amide bonds. The first kappa shape index (κ1) is 20.5. The molecule has 0 atom stereocenters. The topological polar surface area (TPSA) is 128 Å². The van der Waals surface area contributed by atoms with Gasteiger partial charge in [-0.15, -0.1) is 0 Å². The number of pyridine rings is 1. The number of aromatic nitrogens is 7. The monoisotopic (exact) mass is 446 g/mol. The molecular formula is C22H19FN8O2. The van der Waals surface area contributed by atoms with Gasteiger partial charge in [0.15, 0.2) is 5.82 Å². The number of aliphatic hydroxyl groups excluding tert-OH is 1. The first-order valence-electron chi connectivity index (χ1n) is 10.1. The molecule has 0 unspecified atom stereocenters. The third kappa shape index (κ3) is 3.96. The molecule has 4 aromatic heterocycles. The van der Waals surface area contributed by atoms with Gasteiger partial charge in [0, 0.05) is 25.0 Å². The molecule has 0 saturated heterocycles. The Morgan fingerprint density at radius 3 is 2.70 bits per heavy atom. The van der Waals surface area contributed by atoms with Crippen LogP contribution in [0.3, 0.4) is 0 Å². The fourth-order valence-electron chi connectivity index (χ4n) is 3.58. The highest BCUT2D eigenvalue weighted by Crippen LogP contribution is 2.32. The largest absolute Gasteiger partial charge is 0.392 e. The van der Waals surface area contributed by atoms with Crippen molar-refractivity contribution in [1.82, 2.24) is 34.5 Å². The van der Waals surface area contributed by atoms with Gasteiger partial charge in [0.05, 0.1) is 30.2 Å². The Balaban J connectivity index is 1.62. The van der Waals surface area contributed by atoms with Crippen LogP contribution in [-0.4, -0.2) is 46.7 Å². The summed E-state index contributed by atoms with van der Waals surface area (Å²) >= 11 is 0. The van der Waals surface area contributed by atoms with Gasteiger partial charge in [-0.25, -0.2) is 29.2 Å². The van der Waals surface area contributed by atoms with Crippen LogP contribution in [0.25, 0.3) is 28.3 Å². The van der Waals surface area contributed by atoms with Gasteiger partial charge >= 0.3 is 5.69 Å². The van der Waals surface area contributed by atoms with Crippen LogP contribution in [0.4, 0.5) is 10.3 Å². The minimum Gasteiger partial charge on any atom is -0.392 e. The van der Waals surface area contributed by atoms with Crippen LogP contribution in [0.1, 0.15) is 11.4 Å². The van der Waals surface area contributed by atoms with E-state index in [4.69, 9.17) is 9.97 Å². The summed E-state index contributed by atoms with van der Waals surface area (Å²) in [5, 5.41) is 15.8. The van der Waals surface area contributed by atoms with E-state index in [1.165, 1.54) is 12.1 Å². The van der Waals surface area contributed by atoms with E-state index in [1.54, 1.807) is 48.5 Å². The van der Waals surface area contributed by atoms with Gasteiger partial charge in [-0.3, -0.25) is 9.38 Å². The van der Waals surface area contributed by atoms with Crippen LogP contribution >= 0.6 is 0 Å². The first-order valence-corrected chi connectivity index (χ1v) is 10.1. The summed E-state index contributed by atoms with van der Waals surface area (Å²) in [4.78, 5) is 29.5. The molecule has 0 aliphatic heterocycles. The molecule has 0 aliphatic carbocycles. The molecule has 5 aromatic rings. The van der Waals surface area contributed by atoms with E-state index in [0.29, 0.717) is 41.0 Å². The highest BCUT2D eigenvalue weighted by Gasteiger charge is 2.19. The van der Waals surface area contributed by atoms with E-state index in [0.717, 1.165) is 11.1 Å². The molecule has 0 bridgehead atoms. The minimum atomic E-state index is -0.384. The highest BCUT2D eigenvalue weighted by atomic mass is 19.1. The molecule has 4 heterocycles. The second kappa shape index (κ2) is 8.28. The summed E-state index contributed by atoms with van der Waals surface area (Å²) < 4.78 is 15.4. The van der Waals surface area contributed by atoms with Gasteiger partial charge in [0.2, 0.25) is 5.95 Å². The molecule has 10 nitrogen and oxygen atoms in total. The lowest BCUT2D eigenvalue weighted by molar-refractivity contribution is 0.282. The standard InChI is InChI=1S/C22H19FN8O2/c1-30(11-17-26-22(33)29-28-17)21-24-8-6-16(25-21)20-19(14-2-4-15(23)5-3-14)27-18-10-13(12-32)7-9-31(18)20/h2-10,32H,11-12H2,1H3,(H2,26,28,29,33). The van der Waals surface area contributed by atoms with Gasteiger partial charge in [0.1, 0.15) is 11.5 Å². The Bertz CT molecular complexity index is 1490. The Morgan fingerprint density at radius 2 is 1.97 bits per heavy atom. The van der Waals surface area contributed by atoms with Crippen LogP contribution < -0.4 is 10.6 Å². The third-order valence-corrected chi connectivity index (χ3v) is 5.15. The van der Waals surface area contributed by atoms with E-state index in [-0.39, 0.29) is 18.1 Å². The lowest BCUT2D eigenvalue weighted by atomic mass is 10.1. The fraction of sp³-hybridized carbons (Fsp3) is 0.136. The highest BCUT2D eigenvalue weighted by molar-refractivity contribution is 5.80. The van der Waals surface area contributed by atoms with E-state index in [1.807, 2.05) is 10.6 Å². The summed E-state index contributed by atoms with van der Waals surface area (Å²) in [6, 6.07) is 11.4. The Labute approximate surface area is 186 Å². The number of hydrogen-bond donors (Lipinski definition) is 3. The Morgan fingerprint density at radius 1 is 1.15 bits per heavy atom. The lowest BCUT2D eigenvalue weighted by Crippen LogP contribution is -2.20. The average Bonchev–Trinajstić information content (AvgIpc) is 3.42. The number of nitrogens with zero attached hydrogens (tertiary/aromatic N) is 6. The van der Waals surface area contributed by atoms with Crippen LogP contribution in [0.2, 0.25) is 0 Å². The van der Waals surface area contributed by atoms with Crippen LogP contribution in [0.15, 0.2) is 59.7 Å². The molecule has 0 spiro atoms. The maximum absolute atomic E-state index is 13.5. The number of H-pyrrole nitrogens is 2. The van der Waals surface area contributed by atoms with Crippen LogP contribution in [-0.2, 0) is 13.2 Å². The number of anilines is 1. The fourth-order valence-corrected chi connectivity index (χ4v) is 3.58. The smallest absolute Gasteiger partial charge is 0.340 e. The van der Waals surface area contributed by atoms with Crippen molar-refractivity contribution >= 4 is 11.6 Å².